The lowest BCUT2D eigenvalue weighted by atomic mass is 9.99. The SMILES string of the molecule is CC1(C(=O)O)CCCN1Cc1c[nH]c2cc(Cl)ccc12. The molecule has 2 N–H and O–H groups in total. The summed E-state index contributed by atoms with van der Waals surface area (Å²) in [6, 6.07) is 5.74. The number of likely N-dealkylation sites (tertiary alicyclic amines) is 1. The first-order valence-corrected chi connectivity index (χ1v) is 7.12. The van der Waals surface area contributed by atoms with Crippen LogP contribution in [0, 0.1) is 0 Å². The number of hydrogen-bond donors (Lipinski definition) is 2. The van der Waals surface area contributed by atoms with Crippen molar-refractivity contribution < 1.29 is 9.90 Å². The number of hydrogen-bond acceptors (Lipinski definition) is 2. The summed E-state index contributed by atoms with van der Waals surface area (Å²) in [6.45, 7) is 3.28. The van der Waals surface area contributed by atoms with E-state index in [1.807, 2.05) is 36.2 Å². The van der Waals surface area contributed by atoms with Gasteiger partial charge >= 0.3 is 5.97 Å². The van der Waals surface area contributed by atoms with E-state index in [2.05, 4.69) is 4.98 Å². The lowest BCUT2D eigenvalue weighted by Crippen LogP contribution is -2.47. The molecule has 4 nitrogen and oxygen atoms in total. The minimum atomic E-state index is -0.754. The third-order valence-electron chi connectivity index (χ3n) is 4.34. The maximum atomic E-state index is 11.5. The van der Waals surface area contributed by atoms with Gasteiger partial charge in [-0.15, -0.1) is 0 Å². The van der Waals surface area contributed by atoms with Crippen molar-refractivity contribution in [2.45, 2.75) is 31.8 Å². The van der Waals surface area contributed by atoms with Crippen LogP contribution in [-0.2, 0) is 11.3 Å². The average Bonchev–Trinajstić information content (AvgIpc) is 2.96. The Labute approximate surface area is 122 Å². The maximum Gasteiger partial charge on any atom is 0.323 e. The molecule has 1 fully saturated rings. The lowest BCUT2D eigenvalue weighted by Gasteiger charge is -2.30. The Bertz CT molecular complexity index is 667. The molecule has 1 unspecified atom stereocenters. The number of aromatic nitrogens is 1. The van der Waals surface area contributed by atoms with Crippen molar-refractivity contribution in [3.05, 3.63) is 35.0 Å². The molecule has 0 aliphatic carbocycles. The van der Waals surface area contributed by atoms with Crippen LogP contribution < -0.4 is 0 Å². The van der Waals surface area contributed by atoms with Gasteiger partial charge in [-0.3, -0.25) is 9.69 Å². The molecule has 2 aromatic rings. The van der Waals surface area contributed by atoms with Gasteiger partial charge in [-0.2, -0.15) is 0 Å². The fourth-order valence-electron chi connectivity index (χ4n) is 3.01. The van der Waals surface area contributed by atoms with Gasteiger partial charge in [0, 0.05) is 28.7 Å². The predicted molar refractivity (Wildman–Crippen MR) is 79.0 cm³/mol. The minimum absolute atomic E-state index is 0.643. The van der Waals surface area contributed by atoms with Crippen molar-refractivity contribution in [2.75, 3.05) is 6.54 Å². The van der Waals surface area contributed by atoms with Crippen molar-refractivity contribution in [3.8, 4) is 0 Å². The smallest absolute Gasteiger partial charge is 0.323 e. The molecule has 3 rings (SSSR count). The number of halogens is 1. The zero-order valence-electron chi connectivity index (χ0n) is 11.3. The first-order chi connectivity index (χ1) is 9.50. The molecular formula is C15H17ClN2O2. The second kappa shape index (κ2) is 4.79. The normalized spacial score (nSPS) is 23.5. The third-order valence-corrected chi connectivity index (χ3v) is 4.58. The molecule has 5 heteroatoms. The molecule has 0 spiro atoms. The first kappa shape index (κ1) is 13.5. The number of H-pyrrole nitrogens is 1. The van der Waals surface area contributed by atoms with Crippen LogP contribution >= 0.6 is 11.6 Å². The number of benzene rings is 1. The van der Waals surface area contributed by atoms with Crippen molar-refractivity contribution in [3.63, 3.8) is 0 Å². The number of nitrogens with zero attached hydrogens (tertiary/aromatic N) is 1. The van der Waals surface area contributed by atoms with Crippen LogP contribution in [0.1, 0.15) is 25.3 Å². The lowest BCUT2D eigenvalue weighted by molar-refractivity contribution is -0.148. The summed E-state index contributed by atoms with van der Waals surface area (Å²) in [6.07, 6.45) is 3.58. The van der Waals surface area contributed by atoms with Gasteiger partial charge in [0.25, 0.3) is 0 Å². The second-order valence-corrected chi connectivity index (χ2v) is 6.04. The number of nitrogens with one attached hydrogen (secondary N) is 1. The molecule has 1 atom stereocenters. The maximum absolute atomic E-state index is 11.5. The van der Waals surface area contributed by atoms with E-state index in [9.17, 15) is 9.90 Å². The van der Waals surface area contributed by atoms with E-state index >= 15 is 0 Å². The summed E-state index contributed by atoms with van der Waals surface area (Å²) in [5.74, 6) is -0.738. The van der Waals surface area contributed by atoms with Crippen LogP contribution in [0.3, 0.4) is 0 Å². The molecule has 0 saturated carbocycles. The van der Waals surface area contributed by atoms with Crippen LogP contribution in [0.2, 0.25) is 5.02 Å². The summed E-state index contributed by atoms with van der Waals surface area (Å²) in [7, 11) is 0. The number of carboxylic acids is 1. The van der Waals surface area contributed by atoms with Crippen molar-refractivity contribution in [2.24, 2.45) is 0 Å². The third kappa shape index (κ3) is 2.09. The molecule has 1 aromatic heterocycles. The molecule has 1 saturated heterocycles. The highest BCUT2D eigenvalue weighted by atomic mass is 35.5. The molecule has 1 aromatic carbocycles. The minimum Gasteiger partial charge on any atom is -0.480 e. The molecule has 0 amide bonds. The van der Waals surface area contributed by atoms with Gasteiger partial charge in [-0.25, -0.2) is 0 Å². The molecular weight excluding hydrogens is 276 g/mol. The van der Waals surface area contributed by atoms with Crippen LogP contribution in [0.25, 0.3) is 10.9 Å². The van der Waals surface area contributed by atoms with Crippen LogP contribution in [0.5, 0.6) is 0 Å². The molecule has 106 valence electrons. The number of carboxylic acid groups (broad SMARTS) is 1. The van der Waals surface area contributed by atoms with Gasteiger partial charge in [0.2, 0.25) is 0 Å². The molecule has 0 radical (unpaired) electrons. The molecule has 2 heterocycles. The first-order valence-electron chi connectivity index (χ1n) is 6.75. The van der Waals surface area contributed by atoms with Gasteiger partial charge in [0.05, 0.1) is 0 Å². The number of carbonyl (C=O) groups is 1. The quantitative estimate of drug-likeness (QED) is 0.913. The summed E-state index contributed by atoms with van der Waals surface area (Å²) in [4.78, 5) is 16.8. The van der Waals surface area contributed by atoms with E-state index in [4.69, 9.17) is 11.6 Å². The zero-order valence-corrected chi connectivity index (χ0v) is 12.1. The molecule has 1 aliphatic heterocycles. The van der Waals surface area contributed by atoms with E-state index in [0.29, 0.717) is 18.0 Å². The summed E-state index contributed by atoms with van der Waals surface area (Å²) >= 11 is 5.98. The topological polar surface area (TPSA) is 56.3 Å². The van der Waals surface area contributed by atoms with E-state index < -0.39 is 11.5 Å². The monoisotopic (exact) mass is 292 g/mol. The van der Waals surface area contributed by atoms with Gasteiger partial charge in [-0.1, -0.05) is 17.7 Å². The van der Waals surface area contributed by atoms with E-state index in [-0.39, 0.29) is 0 Å². The fraction of sp³-hybridized carbons (Fsp3) is 0.400. The van der Waals surface area contributed by atoms with Gasteiger partial charge in [-0.05, 0) is 44.0 Å². The number of aromatic amines is 1. The highest BCUT2D eigenvalue weighted by molar-refractivity contribution is 6.31. The van der Waals surface area contributed by atoms with Crippen LogP contribution in [0.4, 0.5) is 0 Å². The molecule has 20 heavy (non-hydrogen) atoms. The summed E-state index contributed by atoms with van der Waals surface area (Å²) in [5, 5.41) is 11.3. The Morgan fingerprint density at radius 2 is 2.35 bits per heavy atom. The Kier molecular flexibility index (Phi) is 3.22. The van der Waals surface area contributed by atoms with E-state index in [1.165, 1.54) is 0 Å². The highest BCUT2D eigenvalue weighted by Crippen LogP contribution is 2.32. The number of aliphatic carboxylic acids is 1. The standard InChI is InChI=1S/C15H17ClN2O2/c1-15(14(19)20)5-2-6-18(15)9-10-8-17-13-7-11(16)3-4-12(10)13/h3-4,7-8,17H,2,5-6,9H2,1H3,(H,19,20). The van der Waals surface area contributed by atoms with Crippen LogP contribution in [0.15, 0.2) is 24.4 Å². The zero-order chi connectivity index (χ0) is 14.3. The average molecular weight is 293 g/mol. The van der Waals surface area contributed by atoms with Crippen molar-refractivity contribution in [1.82, 2.24) is 9.88 Å². The van der Waals surface area contributed by atoms with E-state index in [1.54, 1.807) is 0 Å². The van der Waals surface area contributed by atoms with Crippen LogP contribution in [-0.4, -0.2) is 33.0 Å². The van der Waals surface area contributed by atoms with Crippen molar-refractivity contribution >= 4 is 28.5 Å². The predicted octanol–water partition coefficient (Wildman–Crippen LogP) is 3.26. The second-order valence-electron chi connectivity index (χ2n) is 5.61. The summed E-state index contributed by atoms with van der Waals surface area (Å²) in [5.41, 5.74) is 1.35. The fourth-order valence-corrected chi connectivity index (χ4v) is 3.18. The van der Waals surface area contributed by atoms with Gasteiger partial charge in [0.15, 0.2) is 0 Å². The number of fused-ring (bicyclic) bond motifs is 1. The highest BCUT2D eigenvalue weighted by Gasteiger charge is 2.43. The molecule has 0 bridgehead atoms. The Hall–Kier alpha value is -1.52. The number of rotatable bonds is 3. The van der Waals surface area contributed by atoms with E-state index in [0.717, 1.165) is 29.4 Å². The van der Waals surface area contributed by atoms with Gasteiger partial charge in [0.1, 0.15) is 5.54 Å². The Morgan fingerprint density at radius 1 is 1.55 bits per heavy atom. The van der Waals surface area contributed by atoms with Gasteiger partial charge < -0.3 is 10.1 Å². The molecule has 1 aliphatic rings. The Balaban J connectivity index is 1.92. The van der Waals surface area contributed by atoms with Crippen molar-refractivity contribution in [1.29, 1.82) is 0 Å². The largest absolute Gasteiger partial charge is 0.480 e. The Morgan fingerprint density at radius 3 is 3.10 bits per heavy atom. The summed E-state index contributed by atoms with van der Waals surface area (Å²) < 4.78 is 0.